The van der Waals surface area contributed by atoms with Crippen LogP contribution in [0.1, 0.15) is 11.4 Å². The van der Waals surface area contributed by atoms with Crippen molar-refractivity contribution in [2.24, 2.45) is 0 Å². The summed E-state index contributed by atoms with van der Waals surface area (Å²) in [6.07, 6.45) is 3.16. The number of pyridine rings is 1. The molecule has 0 bridgehead atoms. The van der Waals surface area contributed by atoms with Gasteiger partial charge in [0.05, 0.1) is 16.0 Å². The first-order valence-corrected chi connectivity index (χ1v) is 7.24. The van der Waals surface area contributed by atoms with Crippen LogP contribution in [0.15, 0.2) is 41.0 Å². The molecule has 0 fully saturated rings. The van der Waals surface area contributed by atoms with Crippen molar-refractivity contribution in [3.63, 3.8) is 0 Å². The Morgan fingerprint density at radius 1 is 1.43 bits per heavy atom. The van der Waals surface area contributed by atoms with Gasteiger partial charge in [-0.05, 0) is 33.6 Å². The Bertz CT molecular complexity index is 987. The molecule has 0 aliphatic rings. The Morgan fingerprint density at radius 2 is 2.26 bits per heavy atom. The summed E-state index contributed by atoms with van der Waals surface area (Å²) < 4.78 is 0.793. The number of allylic oxidation sites excluding steroid dienone is 1. The smallest absolute Gasteiger partial charge is 0.270 e. The van der Waals surface area contributed by atoms with E-state index in [4.69, 9.17) is 0 Å². The largest absolute Gasteiger partial charge is 0.336 e. The highest BCUT2D eigenvalue weighted by Crippen LogP contribution is 2.22. The van der Waals surface area contributed by atoms with Crippen LogP contribution in [0, 0.1) is 21.4 Å². The van der Waals surface area contributed by atoms with Crippen molar-refractivity contribution in [1.29, 1.82) is 5.26 Å². The third-order valence-corrected chi connectivity index (χ3v) is 3.51. The summed E-state index contributed by atoms with van der Waals surface area (Å²) in [5.74, 6) is 0.361. The number of aromatic nitrogens is 3. The number of aromatic amines is 1. The van der Waals surface area contributed by atoms with Crippen molar-refractivity contribution in [2.45, 2.75) is 0 Å². The molecule has 0 saturated heterocycles. The maximum Gasteiger partial charge on any atom is 0.270 e. The lowest BCUT2D eigenvalue weighted by Gasteiger charge is -1.96. The minimum Gasteiger partial charge on any atom is -0.336 e. The summed E-state index contributed by atoms with van der Waals surface area (Å²) in [7, 11) is 0. The second-order valence-corrected chi connectivity index (χ2v) is 5.55. The van der Waals surface area contributed by atoms with E-state index in [9.17, 15) is 15.4 Å². The average Bonchev–Trinajstić information content (AvgIpc) is 2.95. The summed E-state index contributed by atoms with van der Waals surface area (Å²) in [5, 5.41) is 20.2. The fraction of sp³-hybridized carbons (Fsp3) is 0. The predicted octanol–water partition coefficient (Wildman–Crippen LogP) is 3.69. The second-order valence-electron chi connectivity index (χ2n) is 4.63. The van der Waals surface area contributed by atoms with E-state index in [0.29, 0.717) is 22.6 Å². The maximum atomic E-state index is 10.8. The van der Waals surface area contributed by atoms with Gasteiger partial charge in [0.2, 0.25) is 0 Å². The Balaban J connectivity index is 2.05. The summed E-state index contributed by atoms with van der Waals surface area (Å²) in [6.45, 7) is 0. The molecule has 2 heterocycles. The molecule has 112 valence electrons. The van der Waals surface area contributed by atoms with Crippen LogP contribution < -0.4 is 0 Å². The van der Waals surface area contributed by atoms with Gasteiger partial charge in [0.15, 0.2) is 11.5 Å². The molecule has 8 heteroatoms. The van der Waals surface area contributed by atoms with Crippen molar-refractivity contribution in [3.05, 3.63) is 62.5 Å². The number of fused-ring (bicyclic) bond motifs is 1. The molecule has 1 N–H and O–H groups in total. The zero-order chi connectivity index (χ0) is 16.4. The van der Waals surface area contributed by atoms with Crippen LogP contribution in [-0.2, 0) is 0 Å². The summed E-state index contributed by atoms with van der Waals surface area (Å²) >= 11 is 3.32. The van der Waals surface area contributed by atoms with Crippen LogP contribution >= 0.6 is 15.9 Å². The molecule has 3 rings (SSSR count). The molecule has 0 atom stereocenters. The standard InChI is InChI=1S/C15H8BrN5O2/c16-11-6-13-15(18-8-11)20-14(19-13)10(7-17)4-9-2-1-3-12(5-9)21(22)23/h1-6,8H,(H,18,19,20). The molecule has 0 saturated carbocycles. The Labute approximate surface area is 138 Å². The van der Waals surface area contributed by atoms with E-state index in [1.807, 2.05) is 6.07 Å². The van der Waals surface area contributed by atoms with E-state index < -0.39 is 4.92 Å². The third kappa shape index (κ3) is 3.09. The first kappa shape index (κ1) is 14.9. The molecule has 0 amide bonds. The molecule has 0 aliphatic heterocycles. The van der Waals surface area contributed by atoms with Crippen LogP contribution in [0.25, 0.3) is 22.8 Å². The number of benzene rings is 1. The van der Waals surface area contributed by atoms with Gasteiger partial charge in [0.25, 0.3) is 5.69 Å². The number of H-pyrrole nitrogens is 1. The zero-order valence-corrected chi connectivity index (χ0v) is 13.1. The number of nitrogens with zero attached hydrogens (tertiary/aromatic N) is 4. The molecule has 23 heavy (non-hydrogen) atoms. The van der Waals surface area contributed by atoms with Crippen molar-refractivity contribution in [2.75, 3.05) is 0 Å². The van der Waals surface area contributed by atoms with Crippen LogP contribution in [0.3, 0.4) is 0 Å². The maximum absolute atomic E-state index is 10.8. The highest BCUT2D eigenvalue weighted by Gasteiger charge is 2.10. The molecule has 0 unspecified atom stereocenters. The molecule has 2 aromatic heterocycles. The topological polar surface area (TPSA) is 108 Å². The van der Waals surface area contributed by atoms with Gasteiger partial charge >= 0.3 is 0 Å². The van der Waals surface area contributed by atoms with E-state index in [-0.39, 0.29) is 11.3 Å². The number of nitro groups is 1. The highest BCUT2D eigenvalue weighted by molar-refractivity contribution is 9.10. The van der Waals surface area contributed by atoms with Crippen molar-refractivity contribution < 1.29 is 4.92 Å². The molecule has 0 aliphatic carbocycles. The third-order valence-electron chi connectivity index (χ3n) is 3.07. The van der Waals surface area contributed by atoms with Gasteiger partial charge in [0.1, 0.15) is 6.07 Å². The van der Waals surface area contributed by atoms with Crippen LogP contribution in [-0.4, -0.2) is 19.9 Å². The van der Waals surface area contributed by atoms with E-state index in [1.165, 1.54) is 12.1 Å². The zero-order valence-electron chi connectivity index (χ0n) is 11.5. The molecular weight excluding hydrogens is 362 g/mol. The van der Waals surface area contributed by atoms with Crippen LogP contribution in [0.4, 0.5) is 5.69 Å². The van der Waals surface area contributed by atoms with Crippen LogP contribution in [0.2, 0.25) is 0 Å². The van der Waals surface area contributed by atoms with E-state index in [1.54, 1.807) is 30.5 Å². The van der Waals surface area contributed by atoms with Gasteiger partial charge in [-0.25, -0.2) is 9.97 Å². The second kappa shape index (κ2) is 5.98. The number of halogens is 1. The summed E-state index contributed by atoms with van der Waals surface area (Å²) in [5.41, 5.74) is 1.95. The fourth-order valence-corrected chi connectivity index (χ4v) is 2.38. The van der Waals surface area contributed by atoms with Gasteiger partial charge in [-0.15, -0.1) is 0 Å². The van der Waals surface area contributed by atoms with Gasteiger partial charge < -0.3 is 4.98 Å². The van der Waals surface area contributed by atoms with Crippen molar-refractivity contribution >= 4 is 44.4 Å². The molecule has 3 aromatic rings. The van der Waals surface area contributed by atoms with Gasteiger partial charge in [0, 0.05) is 22.8 Å². The number of rotatable bonds is 3. The van der Waals surface area contributed by atoms with Gasteiger partial charge in [-0.3, -0.25) is 10.1 Å². The number of nitro benzene ring substituents is 1. The summed E-state index contributed by atoms with van der Waals surface area (Å²) in [6, 6.07) is 9.90. The van der Waals surface area contributed by atoms with Crippen molar-refractivity contribution in [3.8, 4) is 6.07 Å². The van der Waals surface area contributed by atoms with E-state index in [2.05, 4.69) is 30.9 Å². The SMILES string of the molecule is N#CC(=Cc1cccc([N+](=O)[O-])c1)c1nc2ncc(Br)cc2[nH]1. The highest BCUT2D eigenvalue weighted by atomic mass is 79.9. The number of non-ortho nitro benzene ring substituents is 1. The fourth-order valence-electron chi connectivity index (χ4n) is 2.05. The first-order chi connectivity index (χ1) is 11.1. The lowest BCUT2D eigenvalue weighted by Crippen LogP contribution is -1.89. The molecule has 0 radical (unpaired) electrons. The van der Waals surface area contributed by atoms with Gasteiger partial charge in [-0.2, -0.15) is 5.26 Å². The quantitative estimate of drug-likeness (QED) is 0.430. The number of imidazole rings is 1. The van der Waals surface area contributed by atoms with E-state index >= 15 is 0 Å². The molecular formula is C15H8BrN5O2. The number of hydrogen-bond donors (Lipinski definition) is 1. The molecule has 1 aromatic carbocycles. The molecule has 0 spiro atoms. The minimum absolute atomic E-state index is 0.0359. The Kier molecular flexibility index (Phi) is 3.87. The van der Waals surface area contributed by atoms with Crippen LogP contribution in [0.5, 0.6) is 0 Å². The normalized spacial score (nSPS) is 11.4. The van der Waals surface area contributed by atoms with E-state index in [0.717, 1.165) is 4.47 Å². The van der Waals surface area contributed by atoms with Gasteiger partial charge in [-0.1, -0.05) is 12.1 Å². The Hall–Kier alpha value is -3.05. The van der Waals surface area contributed by atoms with Crippen molar-refractivity contribution in [1.82, 2.24) is 15.0 Å². The first-order valence-electron chi connectivity index (χ1n) is 6.45. The monoisotopic (exact) mass is 369 g/mol. The Morgan fingerprint density at radius 3 is 3.00 bits per heavy atom. The lowest BCUT2D eigenvalue weighted by atomic mass is 10.1. The lowest BCUT2D eigenvalue weighted by molar-refractivity contribution is -0.384. The number of nitrogens with one attached hydrogen (secondary N) is 1. The average molecular weight is 370 g/mol. The molecule has 7 nitrogen and oxygen atoms in total. The number of hydrogen-bond acceptors (Lipinski definition) is 5. The minimum atomic E-state index is -0.480. The number of nitriles is 1. The predicted molar refractivity (Wildman–Crippen MR) is 88.2 cm³/mol. The summed E-state index contributed by atoms with van der Waals surface area (Å²) in [4.78, 5) is 21.8.